The minimum absolute atomic E-state index is 0. The number of fused-ring (bicyclic) bond motifs is 2. The van der Waals surface area contributed by atoms with Crippen LogP contribution in [0.4, 0.5) is 0 Å². The maximum atomic E-state index is 13.4. The molecule has 2 heterocycles. The molecule has 0 fully saturated rings. The van der Waals surface area contributed by atoms with Gasteiger partial charge in [-0.2, -0.15) is 0 Å². The molecule has 0 N–H and O–H groups in total. The summed E-state index contributed by atoms with van der Waals surface area (Å²) in [6.07, 6.45) is -0.0404. The third-order valence-electron chi connectivity index (χ3n) is 5.73. The van der Waals surface area contributed by atoms with Gasteiger partial charge >= 0.3 is 51.4 Å². The van der Waals surface area contributed by atoms with Gasteiger partial charge in [-0.1, -0.05) is 59.1 Å². The van der Waals surface area contributed by atoms with Crippen molar-refractivity contribution in [2.24, 2.45) is 0 Å². The zero-order chi connectivity index (χ0) is 24.0. The number of carbonyl (C=O) groups excluding carboxylic acids is 1. The van der Waals surface area contributed by atoms with Crippen molar-refractivity contribution in [3.63, 3.8) is 0 Å². The van der Waals surface area contributed by atoms with Crippen molar-refractivity contribution >= 4 is 51.7 Å². The summed E-state index contributed by atoms with van der Waals surface area (Å²) in [6, 6.07) is 15.1. The second-order valence-corrected chi connectivity index (χ2v) is 8.93. The number of hydrogen-bond donors (Lipinski definition) is 0. The Labute approximate surface area is 257 Å². The minimum atomic E-state index is -1.49. The fourth-order valence-electron chi connectivity index (χ4n) is 4.14. The number of hydrogen-bond acceptors (Lipinski definition) is 5. The average Bonchev–Trinajstić information content (AvgIpc) is 3.26. The Hall–Kier alpha value is -1.55. The molecule has 1 aromatic heterocycles. The molecular weight excluding hydrogens is 540 g/mol. The molecule has 1 aliphatic heterocycles. The normalized spacial score (nSPS) is 12.0. The summed E-state index contributed by atoms with van der Waals surface area (Å²) >= 11 is 19.0. The van der Waals surface area contributed by atoms with Crippen LogP contribution in [0.3, 0.4) is 0 Å². The zero-order valence-electron chi connectivity index (χ0n) is 18.4. The molecule has 0 spiro atoms. The Morgan fingerprint density at radius 3 is 2.40 bits per heavy atom. The van der Waals surface area contributed by atoms with Crippen LogP contribution in [0.5, 0.6) is 11.5 Å². The summed E-state index contributed by atoms with van der Waals surface area (Å²) < 4.78 is 12.3. The molecule has 0 aliphatic carbocycles. The van der Waals surface area contributed by atoms with Crippen molar-refractivity contribution in [3.8, 4) is 11.5 Å². The van der Waals surface area contributed by atoms with E-state index in [-0.39, 0.29) is 87.4 Å². The van der Waals surface area contributed by atoms with Crippen LogP contribution in [0.15, 0.2) is 59.4 Å². The van der Waals surface area contributed by atoms with Crippen LogP contribution in [-0.2, 0) is 13.0 Å². The van der Waals surface area contributed by atoms with Crippen molar-refractivity contribution in [3.05, 3.63) is 102 Å². The first-order valence-electron chi connectivity index (χ1n) is 10.2. The van der Waals surface area contributed by atoms with Crippen LogP contribution in [-0.4, -0.2) is 17.3 Å². The van der Waals surface area contributed by atoms with E-state index in [1.54, 1.807) is 54.6 Å². The Balaban J connectivity index is 0.00000289. The van der Waals surface area contributed by atoms with Crippen LogP contribution in [0.2, 0.25) is 15.1 Å². The number of para-hydroxylation sites is 1. The fourth-order valence-corrected chi connectivity index (χ4v) is 4.74. The van der Waals surface area contributed by atoms with E-state index in [0.29, 0.717) is 43.6 Å². The van der Waals surface area contributed by atoms with Crippen LogP contribution in [0.1, 0.15) is 27.2 Å². The number of ether oxygens (including phenoxy) is 2. The van der Waals surface area contributed by atoms with Gasteiger partial charge in [0, 0.05) is 35.0 Å². The zero-order valence-corrected chi connectivity index (χ0v) is 23.8. The molecule has 0 bridgehead atoms. The first kappa shape index (κ1) is 26.5. The first-order valence-corrected chi connectivity index (χ1v) is 11.3. The molecule has 10 heteroatoms. The standard InChI is InChI=1S/C25H16Cl3NO5.K/c26-17-6-3-4-13(22(17)28)8-16-23(25(31)32)29(19-7-2-1-5-15(19)24(16)30)11-14-9-20-21(10-18(14)27)34-12-33-20;/h1-7,9-10H,8,11-12H2,(H,31,32);/q;+1/p-1. The van der Waals surface area contributed by atoms with E-state index in [1.165, 1.54) is 4.57 Å². The van der Waals surface area contributed by atoms with Gasteiger partial charge in [-0.15, -0.1) is 0 Å². The summed E-state index contributed by atoms with van der Waals surface area (Å²) in [5.41, 5.74) is 0.916. The van der Waals surface area contributed by atoms with Gasteiger partial charge in [0.1, 0.15) is 0 Å². The monoisotopic (exact) mass is 553 g/mol. The number of aromatic carboxylic acids is 1. The molecular formula is C25H15Cl3KNO5. The summed E-state index contributed by atoms with van der Waals surface area (Å²) in [5, 5.41) is 13.7. The van der Waals surface area contributed by atoms with Crippen LogP contribution in [0.25, 0.3) is 10.9 Å². The molecule has 0 amide bonds. The van der Waals surface area contributed by atoms with Crippen molar-refractivity contribution < 1.29 is 70.8 Å². The molecule has 35 heavy (non-hydrogen) atoms. The number of aromatic nitrogens is 1. The predicted molar refractivity (Wildman–Crippen MR) is 128 cm³/mol. The second kappa shape index (κ2) is 10.8. The van der Waals surface area contributed by atoms with Crippen LogP contribution in [0, 0.1) is 0 Å². The topological polar surface area (TPSA) is 80.6 Å². The van der Waals surface area contributed by atoms with Crippen molar-refractivity contribution in [2.45, 2.75) is 13.0 Å². The van der Waals surface area contributed by atoms with E-state index in [1.807, 2.05) is 0 Å². The van der Waals surface area contributed by atoms with Gasteiger partial charge in [0.15, 0.2) is 16.9 Å². The fraction of sp³-hybridized carbons (Fsp3) is 0.120. The van der Waals surface area contributed by atoms with Gasteiger partial charge in [0.25, 0.3) is 0 Å². The van der Waals surface area contributed by atoms with Crippen LogP contribution < -0.4 is 71.4 Å². The van der Waals surface area contributed by atoms with Crippen LogP contribution >= 0.6 is 34.8 Å². The molecule has 1 aliphatic rings. The summed E-state index contributed by atoms with van der Waals surface area (Å²) in [4.78, 5) is 25.9. The molecule has 3 aromatic carbocycles. The van der Waals surface area contributed by atoms with Gasteiger partial charge in [0.05, 0.1) is 27.2 Å². The quantitative estimate of drug-likeness (QED) is 0.351. The Morgan fingerprint density at radius 1 is 0.943 bits per heavy atom. The Morgan fingerprint density at radius 2 is 1.66 bits per heavy atom. The SMILES string of the molecule is O=C([O-])c1c(Cc2cccc(Cl)c2Cl)c(=O)c2ccccc2n1Cc1cc2c(cc1Cl)OCO2.[K+]. The maximum absolute atomic E-state index is 13.4. The number of halogens is 3. The van der Waals surface area contributed by atoms with Gasteiger partial charge in [-0.25, -0.2) is 0 Å². The first-order chi connectivity index (χ1) is 16.3. The predicted octanol–water partition coefficient (Wildman–Crippen LogP) is 1.70. The molecule has 0 radical (unpaired) electrons. The summed E-state index contributed by atoms with van der Waals surface area (Å²) in [5.74, 6) is -0.478. The molecule has 172 valence electrons. The largest absolute Gasteiger partial charge is 1.00 e. The summed E-state index contributed by atoms with van der Waals surface area (Å²) in [7, 11) is 0. The molecule has 5 rings (SSSR count). The molecule has 0 saturated carbocycles. The Kier molecular flexibility index (Phi) is 8.20. The number of carboxylic acids is 1. The number of nitrogens with zero attached hydrogens (tertiary/aromatic N) is 1. The van der Waals surface area contributed by atoms with Gasteiger partial charge in [-0.05, 0) is 35.4 Å². The van der Waals surface area contributed by atoms with Gasteiger partial charge in [0.2, 0.25) is 6.79 Å². The number of carboxylic acid groups (broad SMARTS) is 1. The van der Waals surface area contributed by atoms with Gasteiger partial charge < -0.3 is 23.9 Å². The maximum Gasteiger partial charge on any atom is 1.00 e. The van der Waals surface area contributed by atoms with E-state index in [0.717, 1.165) is 0 Å². The van der Waals surface area contributed by atoms with Crippen molar-refractivity contribution in [2.75, 3.05) is 6.79 Å². The number of benzene rings is 3. The van der Waals surface area contributed by atoms with E-state index < -0.39 is 11.4 Å². The summed E-state index contributed by atoms with van der Waals surface area (Å²) in [6.45, 7) is 0.126. The van der Waals surface area contributed by atoms with Gasteiger partial charge in [-0.3, -0.25) is 4.79 Å². The third kappa shape index (κ3) is 5.01. The molecule has 0 saturated heterocycles. The molecule has 6 nitrogen and oxygen atoms in total. The molecule has 4 aromatic rings. The minimum Gasteiger partial charge on any atom is -0.543 e. The Bertz CT molecular complexity index is 1540. The molecule has 0 unspecified atom stereocenters. The van der Waals surface area contributed by atoms with E-state index in [2.05, 4.69) is 0 Å². The third-order valence-corrected chi connectivity index (χ3v) is 6.94. The smallest absolute Gasteiger partial charge is 0.543 e. The number of carbonyl (C=O) groups is 1. The number of pyridine rings is 1. The van der Waals surface area contributed by atoms with Crippen molar-refractivity contribution in [1.29, 1.82) is 0 Å². The van der Waals surface area contributed by atoms with E-state index in [9.17, 15) is 14.7 Å². The van der Waals surface area contributed by atoms with E-state index in [4.69, 9.17) is 44.3 Å². The number of rotatable bonds is 5. The van der Waals surface area contributed by atoms with Crippen molar-refractivity contribution in [1.82, 2.24) is 4.57 Å². The van der Waals surface area contributed by atoms with E-state index >= 15 is 0 Å². The average molecular weight is 555 g/mol. The second-order valence-electron chi connectivity index (χ2n) is 7.73. The molecule has 0 atom stereocenters.